The summed E-state index contributed by atoms with van der Waals surface area (Å²) in [6, 6.07) is 8.55. The molecule has 0 bridgehead atoms. The minimum atomic E-state index is 0.585. The van der Waals surface area contributed by atoms with Gasteiger partial charge in [0.15, 0.2) is 5.69 Å². The summed E-state index contributed by atoms with van der Waals surface area (Å²) in [5.41, 5.74) is 1.95. The Morgan fingerprint density at radius 3 is 2.87 bits per heavy atom. The fraction of sp³-hybridized carbons (Fsp3) is 0.250. The van der Waals surface area contributed by atoms with Gasteiger partial charge in [-0.1, -0.05) is 6.07 Å². The van der Waals surface area contributed by atoms with Crippen LogP contribution in [0.4, 0.5) is 5.69 Å². The van der Waals surface area contributed by atoms with Crippen molar-refractivity contribution in [3.05, 3.63) is 41.9 Å². The summed E-state index contributed by atoms with van der Waals surface area (Å²) in [5.74, 6) is 0. The molecule has 74 valence electrons. The summed E-state index contributed by atoms with van der Waals surface area (Å²) in [6.07, 6.45) is 2.11. The van der Waals surface area contributed by atoms with E-state index in [2.05, 4.69) is 27.0 Å². The van der Waals surface area contributed by atoms with Crippen LogP contribution in [-0.4, -0.2) is 17.7 Å². The predicted octanol–water partition coefficient (Wildman–Crippen LogP) is 2.34. The number of hydrogen-bond donors (Lipinski definition) is 1. The van der Waals surface area contributed by atoms with Gasteiger partial charge >= 0.3 is 0 Å². The van der Waals surface area contributed by atoms with E-state index in [0.717, 1.165) is 18.5 Å². The number of hydrogen-bond acceptors (Lipinski definition) is 1. The van der Waals surface area contributed by atoms with E-state index in [4.69, 9.17) is 6.57 Å². The Hall–Kier alpha value is -1.79. The van der Waals surface area contributed by atoms with Crippen molar-refractivity contribution in [1.82, 2.24) is 9.88 Å². The van der Waals surface area contributed by atoms with Crippen LogP contribution < -0.4 is 5.32 Å². The highest BCUT2D eigenvalue weighted by atomic mass is 15.1. The molecule has 3 rings (SSSR count). The molecule has 15 heavy (non-hydrogen) atoms. The lowest BCUT2D eigenvalue weighted by Crippen LogP contribution is -2.43. The lowest BCUT2D eigenvalue weighted by molar-refractivity contribution is 0.352. The zero-order valence-corrected chi connectivity index (χ0v) is 8.27. The Kier molecular flexibility index (Phi) is 1.77. The maximum absolute atomic E-state index is 6.97. The summed E-state index contributed by atoms with van der Waals surface area (Å²) in [5, 5.41) is 4.43. The summed E-state index contributed by atoms with van der Waals surface area (Å²) in [4.78, 5) is 3.44. The number of nitrogens with one attached hydrogen (secondary N) is 1. The van der Waals surface area contributed by atoms with Crippen molar-refractivity contribution >= 4 is 16.6 Å². The Morgan fingerprint density at radius 1 is 1.33 bits per heavy atom. The van der Waals surface area contributed by atoms with E-state index in [1.165, 1.54) is 5.52 Å². The van der Waals surface area contributed by atoms with Crippen LogP contribution in [0.1, 0.15) is 6.04 Å². The molecule has 0 saturated carbocycles. The van der Waals surface area contributed by atoms with Crippen molar-refractivity contribution in [2.45, 2.75) is 6.04 Å². The third kappa shape index (κ3) is 1.23. The first-order chi connectivity index (χ1) is 7.38. The smallest absolute Gasteiger partial charge is 0.187 e. The van der Waals surface area contributed by atoms with Gasteiger partial charge in [0.1, 0.15) is 0 Å². The fourth-order valence-corrected chi connectivity index (χ4v) is 2.01. The Balaban J connectivity index is 2.14. The van der Waals surface area contributed by atoms with E-state index in [1.807, 2.05) is 18.2 Å². The number of fused-ring (bicyclic) bond motifs is 1. The molecule has 1 saturated heterocycles. The van der Waals surface area contributed by atoms with Gasteiger partial charge in [0.2, 0.25) is 0 Å². The van der Waals surface area contributed by atoms with Gasteiger partial charge in [-0.2, -0.15) is 0 Å². The molecule has 3 heteroatoms. The van der Waals surface area contributed by atoms with Gasteiger partial charge in [-0.3, -0.25) is 0 Å². The van der Waals surface area contributed by atoms with E-state index in [9.17, 15) is 0 Å². The maximum Gasteiger partial charge on any atom is 0.187 e. The van der Waals surface area contributed by atoms with Crippen LogP contribution in [0.3, 0.4) is 0 Å². The standard InChI is InChI=1S/C12H11N3/c1-13-10-2-3-12-9(6-10)4-5-15(12)11-7-14-8-11/h2-6,11,14H,7-8H2. The highest BCUT2D eigenvalue weighted by molar-refractivity contribution is 5.84. The van der Waals surface area contributed by atoms with Crippen LogP contribution in [0, 0.1) is 6.57 Å². The summed E-state index contributed by atoms with van der Waals surface area (Å²) in [7, 11) is 0. The van der Waals surface area contributed by atoms with E-state index >= 15 is 0 Å². The van der Waals surface area contributed by atoms with E-state index < -0.39 is 0 Å². The zero-order valence-electron chi connectivity index (χ0n) is 8.27. The van der Waals surface area contributed by atoms with Gasteiger partial charge in [0.05, 0.1) is 12.6 Å². The maximum atomic E-state index is 6.97. The van der Waals surface area contributed by atoms with Crippen molar-refractivity contribution in [3.8, 4) is 0 Å². The lowest BCUT2D eigenvalue weighted by Gasteiger charge is -2.29. The predicted molar refractivity (Wildman–Crippen MR) is 60.1 cm³/mol. The SMILES string of the molecule is [C-]#[N+]c1ccc2c(ccn2C2CNC2)c1. The van der Waals surface area contributed by atoms with Crippen LogP contribution in [0.25, 0.3) is 15.7 Å². The monoisotopic (exact) mass is 197 g/mol. The van der Waals surface area contributed by atoms with Crippen molar-refractivity contribution in [1.29, 1.82) is 0 Å². The third-order valence-corrected chi connectivity index (χ3v) is 2.99. The minimum Gasteiger partial charge on any atom is -0.342 e. The van der Waals surface area contributed by atoms with Crippen LogP contribution in [0.15, 0.2) is 30.5 Å². The van der Waals surface area contributed by atoms with E-state index in [-0.39, 0.29) is 0 Å². The highest BCUT2D eigenvalue weighted by Gasteiger charge is 2.19. The summed E-state index contributed by atoms with van der Waals surface area (Å²) in [6.45, 7) is 9.07. The van der Waals surface area contributed by atoms with Gasteiger partial charge in [-0.15, -0.1) is 0 Å². The topological polar surface area (TPSA) is 21.3 Å². The second-order valence-electron chi connectivity index (χ2n) is 3.89. The average Bonchev–Trinajstić information content (AvgIpc) is 2.59. The second kappa shape index (κ2) is 3.11. The van der Waals surface area contributed by atoms with Crippen LogP contribution in [0.5, 0.6) is 0 Å². The van der Waals surface area contributed by atoms with Gasteiger partial charge in [0, 0.05) is 24.8 Å². The van der Waals surface area contributed by atoms with Crippen molar-refractivity contribution in [2.75, 3.05) is 13.1 Å². The summed E-state index contributed by atoms with van der Waals surface area (Å²) >= 11 is 0. The first-order valence-electron chi connectivity index (χ1n) is 5.07. The normalized spacial score (nSPS) is 16.2. The molecule has 2 aromatic rings. The van der Waals surface area contributed by atoms with E-state index in [0.29, 0.717) is 11.7 Å². The number of nitrogens with zero attached hydrogens (tertiary/aromatic N) is 2. The molecule has 1 aliphatic rings. The molecule has 1 fully saturated rings. The molecule has 1 N–H and O–H groups in total. The molecule has 3 nitrogen and oxygen atoms in total. The molecule has 0 radical (unpaired) electrons. The Labute approximate surface area is 88.1 Å². The molecule has 1 aliphatic heterocycles. The van der Waals surface area contributed by atoms with Crippen LogP contribution in [0.2, 0.25) is 0 Å². The number of rotatable bonds is 1. The van der Waals surface area contributed by atoms with Crippen LogP contribution >= 0.6 is 0 Å². The largest absolute Gasteiger partial charge is 0.342 e. The van der Waals surface area contributed by atoms with Gasteiger partial charge in [-0.25, -0.2) is 4.85 Å². The number of aromatic nitrogens is 1. The molecular weight excluding hydrogens is 186 g/mol. The van der Waals surface area contributed by atoms with Crippen LogP contribution in [-0.2, 0) is 0 Å². The van der Waals surface area contributed by atoms with Crippen molar-refractivity contribution in [3.63, 3.8) is 0 Å². The van der Waals surface area contributed by atoms with Gasteiger partial charge < -0.3 is 9.88 Å². The first-order valence-corrected chi connectivity index (χ1v) is 5.07. The molecule has 2 heterocycles. The molecule has 0 atom stereocenters. The molecule has 0 spiro atoms. The quantitative estimate of drug-likeness (QED) is 0.696. The Morgan fingerprint density at radius 2 is 2.20 bits per heavy atom. The molecule has 1 aromatic heterocycles. The zero-order chi connectivity index (χ0) is 10.3. The fourth-order valence-electron chi connectivity index (χ4n) is 2.01. The first kappa shape index (κ1) is 8.51. The third-order valence-electron chi connectivity index (χ3n) is 2.99. The molecular formula is C12H11N3. The van der Waals surface area contributed by atoms with Gasteiger partial charge in [0.25, 0.3) is 0 Å². The molecule has 1 aromatic carbocycles. The average molecular weight is 197 g/mol. The Bertz CT molecular complexity index is 543. The van der Waals surface area contributed by atoms with E-state index in [1.54, 1.807) is 0 Å². The lowest BCUT2D eigenvalue weighted by atomic mass is 10.1. The van der Waals surface area contributed by atoms with Crippen molar-refractivity contribution < 1.29 is 0 Å². The molecule has 0 unspecified atom stereocenters. The second-order valence-corrected chi connectivity index (χ2v) is 3.89. The highest BCUT2D eigenvalue weighted by Crippen LogP contribution is 2.25. The molecule has 0 aliphatic carbocycles. The minimum absolute atomic E-state index is 0.585. The molecule has 0 amide bonds. The number of benzene rings is 1. The summed E-state index contributed by atoms with van der Waals surface area (Å²) < 4.78 is 2.29. The van der Waals surface area contributed by atoms with Crippen molar-refractivity contribution in [2.24, 2.45) is 0 Å². The van der Waals surface area contributed by atoms with Gasteiger partial charge in [-0.05, 0) is 23.6 Å².